The summed E-state index contributed by atoms with van der Waals surface area (Å²) in [5.41, 5.74) is 12.8. The number of benzene rings is 2. The number of carbonyl (C=O) groups is 1. The number of para-hydroxylation sites is 1. The van der Waals surface area contributed by atoms with Gasteiger partial charge in [-0.1, -0.05) is 60.3 Å². The summed E-state index contributed by atoms with van der Waals surface area (Å²) >= 11 is 1.16. The highest BCUT2D eigenvalue weighted by Gasteiger charge is 2.24. The molecule has 0 fully saturated rings. The van der Waals surface area contributed by atoms with Gasteiger partial charge in [0.25, 0.3) is 0 Å². The molecule has 7 nitrogen and oxygen atoms in total. The second kappa shape index (κ2) is 7.63. The van der Waals surface area contributed by atoms with Crippen molar-refractivity contribution >= 4 is 35.3 Å². The molecule has 2 aromatic carbocycles. The zero-order chi connectivity index (χ0) is 17.6. The van der Waals surface area contributed by atoms with Crippen LogP contribution in [0.2, 0.25) is 0 Å². The number of nitrogens with one attached hydrogen (secondary N) is 1. The van der Waals surface area contributed by atoms with Gasteiger partial charge in [-0.2, -0.15) is 15.0 Å². The quantitative estimate of drug-likeness (QED) is 0.603. The number of amides is 1. The summed E-state index contributed by atoms with van der Waals surface area (Å²) < 4.78 is 0. The Balaban J connectivity index is 1.88. The Kier molecular flexibility index (Phi) is 5.10. The topological polar surface area (TPSA) is 120 Å². The second-order valence-electron chi connectivity index (χ2n) is 5.10. The molecule has 0 saturated carbocycles. The van der Waals surface area contributed by atoms with Gasteiger partial charge in [-0.25, -0.2) is 0 Å². The summed E-state index contributed by atoms with van der Waals surface area (Å²) in [5.74, 6) is -0.157. The maximum Gasteiger partial charge on any atom is 0.242 e. The van der Waals surface area contributed by atoms with Gasteiger partial charge in [-0.15, -0.1) is 0 Å². The van der Waals surface area contributed by atoms with Crippen LogP contribution in [0.4, 0.5) is 17.6 Å². The minimum absolute atomic E-state index is 0.0188. The highest BCUT2D eigenvalue weighted by molar-refractivity contribution is 8.00. The minimum atomic E-state index is -0.567. The number of hydrogen-bond donors (Lipinski definition) is 3. The second-order valence-corrected chi connectivity index (χ2v) is 6.17. The number of anilines is 3. The first kappa shape index (κ1) is 16.7. The van der Waals surface area contributed by atoms with Gasteiger partial charge in [0, 0.05) is 5.69 Å². The van der Waals surface area contributed by atoms with Crippen LogP contribution in [0.15, 0.2) is 65.8 Å². The first-order valence-electron chi connectivity index (χ1n) is 7.46. The van der Waals surface area contributed by atoms with Crippen LogP contribution in [0, 0.1) is 0 Å². The van der Waals surface area contributed by atoms with Crippen molar-refractivity contribution in [3.8, 4) is 0 Å². The molecule has 0 aliphatic heterocycles. The summed E-state index contributed by atoms with van der Waals surface area (Å²) in [7, 11) is 0. The van der Waals surface area contributed by atoms with Crippen molar-refractivity contribution in [2.75, 3.05) is 16.8 Å². The van der Waals surface area contributed by atoms with Crippen LogP contribution in [-0.4, -0.2) is 20.9 Å². The fourth-order valence-electron chi connectivity index (χ4n) is 2.18. The van der Waals surface area contributed by atoms with E-state index in [1.165, 1.54) is 0 Å². The average Bonchev–Trinajstić information content (AvgIpc) is 2.60. The number of aromatic nitrogens is 3. The van der Waals surface area contributed by atoms with E-state index in [0.717, 1.165) is 17.3 Å². The molecule has 1 atom stereocenters. The molecule has 8 heteroatoms. The van der Waals surface area contributed by atoms with Gasteiger partial charge in [0.05, 0.1) is 0 Å². The van der Waals surface area contributed by atoms with Crippen molar-refractivity contribution in [2.24, 2.45) is 0 Å². The normalized spacial score (nSPS) is 11.7. The van der Waals surface area contributed by atoms with E-state index >= 15 is 0 Å². The molecule has 0 spiro atoms. The Morgan fingerprint density at radius 3 is 2.04 bits per heavy atom. The summed E-state index contributed by atoms with van der Waals surface area (Å²) in [5, 5.41) is 2.62. The van der Waals surface area contributed by atoms with E-state index in [4.69, 9.17) is 11.5 Å². The van der Waals surface area contributed by atoms with Gasteiger partial charge in [-0.05, 0) is 17.7 Å². The predicted molar refractivity (Wildman–Crippen MR) is 98.8 cm³/mol. The van der Waals surface area contributed by atoms with Crippen molar-refractivity contribution in [2.45, 2.75) is 10.4 Å². The number of carbonyl (C=O) groups excluding carboxylic acids is 1. The molecule has 0 aliphatic carbocycles. The molecule has 1 aromatic heterocycles. The summed E-state index contributed by atoms with van der Waals surface area (Å²) in [6, 6.07) is 18.6. The fourth-order valence-corrected chi connectivity index (χ4v) is 3.14. The number of nitrogen functional groups attached to an aromatic ring is 2. The number of nitrogens with zero attached hydrogens (tertiary/aromatic N) is 3. The standard InChI is InChI=1S/C17H16N6OS/c18-15-21-16(19)23-17(22-15)25-13(11-7-3-1-4-8-11)14(24)20-12-9-5-2-6-10-12/h1-10,13H,(H,20,24)(H4,18,19,21,22,23). The largest absolute Gasteiger partial charge is 0.368 e. The van der Waals surface area contributed by atoms with Crippen LogP contribution in [0.1, 0.15) is 10.8 Å². The number of rotatable bonds is 5. The van der Waals surface area contributed by atoms with E-state index < -0.39 is 5.25 Å². The van der Waals surface area contributed by atoms with E-state index in [9.17, 15) is 4.79 Å². The first-order valence-corrected chi connectivity index (χ1v) is 8.34. The lowest BCUT2D eigenvalue weighted by atomic mass is 10.1. The molecule has 0 bridgehead atoms. The number of thioether (sulfide) groups is 1. The molecule has 3 rings (SSSR count). The molecular formula is C17H16N6OS. The van der Waals surface area contributed by atoms with Gasteiger partial charge in [0.2, 0.25) is 17.8 Å². The number of hydrogen-bond acceptors (Lipinski definition) is 7. The first-order chi connectivity index (χ1) is 12.1. The molecular weight excluding hydrogens is 336 g/mol. The zero-order valence-corrected chi connectivity index (χ0v) is 14.0. The van der Waals surface area contributed by atoms with Crippen molar-refractivity contribution in [1.82, 2.24) is 15.0 Å². The highest BCUT2D eigenvalue weighted by Crippen LogP contribution is 2.34. The Bertz CT molecular complexity index is 839. The molecule has 1 heterocycles. The van der Waals surface area contributed by atoms with Crippen LogP contribution >= 0.6 is 11.8 Å². The van der Waals surface area contributed by atoms with E-state index in [-0.39, 0.29) is 17.8 Å². The van der Waals surface area contributed by atoms with Crippen molar-refractivity contribution in [3.63, 3.8) is 0 Å². The van der Waals surface area contributed by atoms with Gasteiger partial charge in [-0.3, -0.25) is 4.79 Å². The van der Waals surface area contributed by atoms with Gasteiger partial charge in [0.15, 0.2) is 5.16 Å². The Morgan fingerprint density at radius 1 is 0.880 bits per heavy atom. The molecule has 1 amide bonds. The molecule has 0 radical (unpaired) electrons. The van der Waals surface area contributed by atoms with E-state index in [1.807, 2.05) is 60.7 Å². The third-order valence-electron chi connectivity index (χ3n) is 3.25. The maximum absolute atomic E-state index is 12.8. The monoisotopic (exact) mass is 352 g/mol. The van der Waals surface area contributed by atoms with Gasteiger partial charge < -0.3 is 16.8 Å². The lowest BCUT2D eigenvalue weighted by molar-refractivity contribution is -0.115. The lowest BCUT2D eigenvalue weighted by Crippen LogP contribution is -2.19. The van der Waals surface area contributed by atoms with Crippen molar-refractivity contribution < 1.29 is 4.79 Å². The van der Waals surface area contributed by atoms with Crippen LogP contribution in [0.25, 0.3) is 0 Å². The molecule has 3 aromatic rings. The van der Waals surface area contributed by atoms with E-state index in [0.29, 0.717) is 10.8 Å². The summed E-state index contributed by atoms with van der Waals surface area (Å²) in [4.78, 5) is 24.7. The molecule has 126 valence electrons. The minimum Gasteiger partial charge on any atom is -0.368 e. The third kappa shape index (κ3) is 4.45. The molecule has 25 heavy (non-hydrogen) atoms. The lowest BCUT2D eigenvalue weighted by Gasteiger charge is -2.16. The van der Waals surface area contributed by atoms with Crippen LogP contribution < -0.4 is 16.8 Å². The third-order valence-corrected chi connectivity index (χ3v) is 4.37. The zero-order valence-electron chi connectivity index (χ0n) is 13.2. The summed E-state index contributed by atoms with van der Waals surface area (Å²) in [6.07, 6.45) is 0. The van der Waals surface area contributed by atoms with E-state index in [2.05, 4.69) is 20.3 Å². The Hall–Kier alpha value is -3.13. The number of nitrogens with two attached hydrogens (primary N) is 2. The van der Waals surface area contributed by atoms with E-state index in [1.54, 1.807) is 0 Å². The summed E-state index contributed by atoms with van der Waals surface area (Å²) in [6.45, 7) is 0. The Morgan fingerprint density at radius 2 is 1.44 bits per heavy atom. The van der Waals surface area contributed by atoms with Crippen molar-refractivity contribution in [1.29, 1.82) is 0 Å². The Labute approximate surface area is 148 Å². The van der Waals surface area contributed by atoms with Crippen LogP contribution in [0.3, 0.4) is 0 Å². The average molecular weight is 352 g/mol. The van der Waals surface area contributed by atoms with Crippen LogP contribution in [0.5, 0.6) is 0 Å². The maximum atomic E-state index is 12.8. The van der Waals surface area contributed by atoms with Crippen LogP contribution in [-0.2, 0) is 4.79 Å². The van der Waals surface area contributed by atoms with Gasteiger partial charge in [0.1, 0.15) is 5.25 Å². The molecule has 1 unspecified atom stereocenters. The smallest absolute Gasteiger partial charge is 0.242 e. The molecule has 5 N–H and O–H groups in total. The predicted octanol–water partition coefficient (Wildman–Crippen LogP) is 2.51. The van der Waals surface area contributed by atoms with Crippen molar-refractivity contribution in [3.05, 3.63) is 66.2 Å². The highest BCUT2D eigenvalue weighted by atomic mass is 32.2. The van der Waals surface area contributed by atoms with Gasteiger partial charge >= 0.3 is 0 Å². The molecule has 0 aliphatic rings. The SMILES string of the molecule is Nc1nc(N)nc(SC(C(=O)Nc2ccccc2)c2ccccc2)n1. The fraction of sp³-hybridized carbons (Fsp3) is 0.0588. The molecule has 0 saturated heterocycles.